The van der Waals surface area contributed by atoms with Crippen molar-refractivity contribution in [3.8, 4) is 6.07 Å². The summed E-state index contributed by atoms with van der Waals surface area (Å²) in [5, 5.41) is 9.29. The van der Waals surface area contributed by atoms with Gasteiger partial charge in [-0.3, -0.25) is 0 Å². The zero-order valence-electron chi connectivity index (χ0n) is 7.19. The molecule has 0 N–H and O–H groups in total. The lowest BCUT2D eigenvalue weighted by Crippen LogP contribution is -1.90. The average molecular weight is 180 g/mol. The Hall–Kier alpha value is -1.00. The zero-order chi connectivity index (χ0) is 9.14. The van der Waals surface area contributed by atoms with Gasteiger partial charge in [0.2, 0.25) is 0 Å². The van der Waals surface area contributed by atoms with E-state index in [1.807, 2.05) is 26.0 Å². The average Bonchev–Trinajstić information content (AvgIpc) is 2.07. The van der Waals surface area contributed by atoms with Crippen LogP contribution in [-0.2, 0) is 6.42 Å². The molecule has 0 spiro atoms. The molecule has 0 aliphatic carbocycles. The van der Waals surface area contributed by atoms with Gasteiger partial charge in [0, 0.05) is 5.02 Å². The molecule has 1 nitrogen and oxygen atoms in total. The van der Waals surface area contributed by atoms with E-state index in [4.69, 9.17) is 16.9 Å². The summed E-state index contributed by atoms with van der Waals surface area (Å²) in [7, 11) is 0. The van der Waals surface area contributed by atoms with Gasteiger partial charge in [-0.1, -0.05) is 23.7 Å². The van der Waals surface area contributed by atoms with E-state index in [2.05, 4.69) is 6.07 Å². The van der Waals surface area contributed by atoms with Gasteiger partial charge < -0.3 is 0 Å². The van der Waals surface area contributed by atoms with Crippen LogP contribution in [0.5, 0.6) is 0 Å². The maximum atomic E-state index is 8.51. The van der Waals surface area contributed by atoms with E-state index in [9.17, 15) is 0 Å². The highest BCUT2D eigenvalue weighted by Gasteiger charge is 2.03. The van der Waals surface area contributed by atoms with Crippen molar-refractivity contribution in [1.82, 2.24) is 0 Å². The molecule has 0 aliphatic heterocycles. The number of benzene rings is 1. The van der Waals surface area contributed by atoms with Crippen LogP contribution in [0.15, 0.2) is 12.1 Å². The molecule has 0 saturated heterocycles. The molecular weight excluding hydrogens is 170 g/mol. The van der Waals surface area contributed by atoms with E-state index in [0.29, 0.717) is 6.42 Å². The van der Waals surface area contributed by atoms with Crippen molar-refractivity contribution in [2.75, 3.05) is 0 Å². The van der Waals surface area contributed by atoms with Crippen LogP contribution in [0.2, 0.25) is 5.02 Å². The second-order valence-corrected chi connectivity index (χ2v) is 3.19. The van der Waals surface area contributed by atoms with Crippen molar-refractivity contribution in [2.45, 2.75) is 20.3 Å². The van der Waals surface area contributed by atoms with Gasteiger partial charge in [0.25, 0.3) is 0 Å². The van der Waals surface area contributed by atoms with Crippen molar-refractivity contribution >= 4 is 11.6 Å². The summed E-state index contributed by atoms with van der Waals surface area (Å²) in [6.07, 6.45) is 0.436. The minimum atomic E-state index is 0.436. The molecule has 0 heterocycles. The third-order valence-corrected chi connectivity index (χ3v) is 2.54. The zero-order valence-corrected chi connectivity index (χ0v) is 7.94. The molecule has 1 rings (SSSR count). The Balaban J connectivity index is 3.19. The van der Waals surface area contributed by atoms with E-state index < -0.39 is 0 Å². The summed E-state index contributed by atoms with van der Waals surface area (Å²) in [4.78, 5) is 0. The van der Waals surface area contributed by atoms with Crippen LogP contribution in [0.3, 0.4) is 0 Å². The number of nitriles is 1. The van der Waals surface area contributed by atoms with Crippen LogP contribution < -0.4 is 0 Å². The maximum Gasteiger partial charge on any atom is 0.0669 e. The minimum Gasteiger partial charge on any atom is -0.198 e. The second kappa shape index (κ2) is 3.60. The quantitative estimate of drug-likeness (QED) is 0.650. The number of halogens is 1. The number of nitrogens with zero attached hydrogens (tertiary/aromatic N) is 1. The van der Waals surface area contributed by atoms with Crippen LogP contribution in [0.1, 0.15) is 16.7 Å². The molecule has 1 aromatic rings. The lowest BCUT2D eigenvalue weighted by molar-refractivity contribution is 1.20. The monoisotopic (exact) mass is 179 g/mol. The fraction of sp³-hybridized carbons (Fsp3) is 0.300. The maximum absolute atomic E-state index is 8.51. The SMILES string of the molecule is Cc1ccc(CC#N)c(C)c1Cl. The van der Waals surface area contributed by atoms with Gasteiger partial charge in [0.15, 0.2) is 0 Å². The van der Waals surface area contributed by atoms with Gasteiger partial charge >= 0.3 is 0 Å². The highest BCUT2D eigenvalue weighted by Crippen LogP contribution is 2.23. The van der Waals surface area contributed by atoms with Crippen LogP contribution in [0, 0.1) is 25.2 Å². The molecule has 62 valence electrons. The number of rotatable bonds is 1. The first kappa shape index (κ1) is 9.09. The lowest BCUT2D eigenvalue weighted by Gasteiger charge is -2.05. The molecule has 12 heavy (non-hydrogen) atoms. The van der Waals surface area contributed by atoms with E-state index in [-0.39, 0.29) is 0 Å². The first-order chi connectivity index (χ1) is 5.66. The molecule has 2 heteroatoms. The lowest BCUT2D eigenvalue weighted by atomic mass is 10.0. The molecule has 0 aromatic heterocycles. The third-order valence-electron chi connectivity index (χ3n) is 1.96. The van der Waals surface area contributed by atoms with Gasteiger partial charge in [0.1, 0.15) is 0 Å². The predicted molar refractivity (Wildman–Crippen MR) is 50.2 cm³/mol. The van der Waals surface area contributed by atoms with Crippen molar-refractivity contribution in [2.24, 2.45) is 0 Å². The van der Waals surface area contributed by atoms with Crippen molar-refractivity contribution < 1.29 is 0 Å². The first-order valence-corrected chi connectivity index (χ1v) is 4.16. The molecule has 0 unspecified atom stereocenters. The Morgan fingerprint density at radius 1 is 1.42 bits per heavy atom. The highest BCUT2D eigenvalue weighted by atomic mass is 35.5. The smallest absolute Gasteiger partial charge is 0.0669 e. The van der Waals surface area contributed by atoms with Crippen LogP contribution in [0.4, 0.5) is 0 Å². The van der Waals surface area contributed by atoms with Crippen molar-refractivity contribution in [1.29, 1.82) is 5.26 Å². The van der Waals surface area contributed by atoms with E-state index in [1.165, 1.54) is 0 Å². The largest absolute Gasteiger partial charge is 0.198 e. The highest BCUT2D eigenvalue weighted by molar-refractivity contribution is 6.32. The van der Waals surface area contributed by atoms with Gasteiger partial charge in [0.05, 0.1) is 12.5 Å². The van der Waals surface area contributed by atoms with Gasteiger partial charge in [-0.25, -0.2) is 0 Å². The van der Waals surface area contributed by atoms with Crippen LogP contribution in [-0.4, -0.2) is 0 Å². The molecule has 0 fully saturated rings. The summed E-state index contributed by atoms with van der Waals surface area (Å²) in [5.41, 5.74) is 3.11. The topological polar surface area (TPSA) is 23.8 Å². The van der Waals surface area contributed by atoms with E-state index >= 15 is 0 Å². The van der Waals surface area contributed by atoms with Gasteiger partial charge in [-0.15, -0.1) is 0 Å². The molecule has 0 bridgehead atoms. The molecule has 1 aromatic carbocycles. The fourth-order valence-corrected chi connectivity index (χ4v) is 1.32. The summed E-state index contributed by atoms with van der Waals surface area (Å²) >= 11 is 6.01. The standard InChI is InChI=1S/C10H10ClN/c1-7-3-4-9(5-6-12)8(2)10(7)11/h3-4H,5H2,1-2H3. The van der Waals surface area contributed by atoms with Gasteiger partial charge in [-0.05, 0) is 30.5 Å². The predicted octanol–water partition coefficient (Wildman–Crippen LogP) is 3.02. The van der Waals surface area contributed by atoms with E-state index in [1.54, 1.807) is 0 Å². The summed E-state index contributed by atoms with van der Waals surface area (Å²) < 4.78 is 0. The molecule has 0 aliphatic rings. The summed E-state index contributed by atoms with van der Waals surface area (Å²) in [5.74, 6) is 0. The van der Waals surface area contributed by atoms with Crippen LogP contribution >= 0.6 is 11.6 Å². The number of aryl methyl sites for hydroxylation is 1. The third kappa shape index (κ3) is 1.60. The Kier molecular flexibility index (Phi) is 2.73. The molecular formula is C10H10ClN. The number of hydrogen-bond donors (Lipinski definition) is 0. The van der Waals surface area contributed by atoms with Crippen molar-refractivity contribution in [3.05, 3.63) is 33.8 Å². The van der Waals surface area contributed by atoms with Gasteiger partial charge in [-0.2, -0.15) is 5.26 Å². The molecule has 0 saturated carbocycles. The Morgan fingerprint density at radius 2 is 2.08 bits per heavy atom. The summed E-state index contributed by atoms with van der Waals surface area (Å²) in [6.45, 7) is 3.91. The van der Waals surface area contributed by atoms with Crippen molar-refractivity contribution in [3.63, 3.8) is 0 Å². The van der Waals surface area contributed by atoms with E-state index in [0.717, 1.165) is 21.7 Å². The fourth-order valence-electron chi connectivity index (χ4n) is 1.14. The molecule has 0 atom stereocenters. The Bertz CT molecular complexity index is 336. The number of hydrogen-bond acceptors (Lipinski definition) is 1. The Morgan fingerprint density at radius 3 is 2.67 bits per heavy atom. The minimum absolute atomic E-state index is 0.436. The Labute approximate surface area is 77.6 Å². The first-order valence-electron chi connectivity index (χ1n) is 3.78. The normalized spacial score (nSPS) is 9.50. The summed E-state index contributed by atoms with van der Waals surface area (Å²) in [6, 6.07) is 6.02. The molecule has 0 amide bonds. The molecule has 0 radical (unpaired) electrons. The second-order valence-electron chi connectivity index (χ2n) is 2.82. The van der Waals surface area contributed by atoms with Crippen LogP contribution in [0.25, 0.3) is 0 Å².